The number of likely N-dealkylation sites (tertiary alicyclic amines) is 1. The van der Waals surface area contributed by atoms with Gasteiger partial charge in [-0.2, -0.15) is 9.67 Å². The molecule has 1 spiro atoms. The Hall–Kier alpha value is -6.80. The Morgan fingerprint density at radius 3 is 2.17 bits per heavy atom. The Morgan fingerprint density at radius 2 is 1.50 bits per heavy atom. The number of amides is 4. The summed E-state index contributed by atoms with van der Waals surface area (Å²) in [6.45, 7) is 12.8. The minimum absolute atomic E-state index is 0.126. The van der Waals surface area contributed by atoms with Crippen molar-refractivity contribution < 1.29 is 23.7 Å². The van der Waals surface area contributed by atoms with Crippen molar-refractivity contribution in [1.29, 1.82) is 0 Å². The van der Waals surface area contributed by atoms with Gasteiger partial charge in [-0.3, -0.25) is 44.0 Å². The number of hydrogen-bond acceptors (Lipinski definition) is 11. The molecule has 5 aromatic heterocycles. The summed E-state index contributed by atoms with van der Waals surface area (Å²) < 4.78 is 8.40. The number of aromatic nitrogens is 10. The molecule has 1 aromatic carbocycles. The first kappa shape index (κ1) is 36.8. The number of rotatable bonds is 6. The lowest BCUT2D eigenvalue weighted by Crippen LogP contribution is -2.70. The van der Waals surface area contributed by atoms with E-state index in [1.165, 1.54) is 12.3 Å². The molecule has 298 valence electrons. The van der Waals surface area contributed by atoms with Gasteiger partial charge in [-0.1, -0.05) is 12.2 Å². The zero-order valence-corrected chi connectivity index (χ0v) is 32.5. The van der Waals surface area contributed by atoms with E-state index in [1.807, 2.05) is 36.6 Å². The molecule has 0 saturated carbocycles. The molecule has 8 heterocycles. The van der Waals surface area contributed by atoms with E-state index in [0.29, 0.717) is 59.1 Å². The number of imidazole rings is 2. The first-order valence-electron chi connectivity index (χ1n) is 19.2. The van der Waals surface area contributed by atoms with Crippen molar-refractivity contribution in [3.8, 4) is 5.69 Å². The molecule has 9 rings (SSSR count). The second-order valence-electron chi connectivity index (χ2n) is 15.1. The molecule has 7 N–H and O–H groups in total. The van der Waals surface area contributed by atoms with Gasteiger partial charge in [0.2, 0.25) is 23.7 Å². The first-order chi connectivity index (χ1) is 27.9. The highest BCUT2D eigenvalue weighted by molar-refractivity contribution is 6.06. The van der Waals surface area contributed by atoms with E-state index in [9.17, 15) is 19.2 Å². The number of pyridine rings is 1. The number of anilines is 2. The predicted octanol–water partition coefficient (Wildman–Crippen LogP) is 0.785. The lowest BCUT2D eigenvalue weighted by atomic mass is 9.74. The van der Waals surface area contributed by atoms with Crippen LogP contribution in [-0.4, -0.2) is 98.4 Å². The molecule has 0 radical (unpaired) electrons. The molecule has 0 bridgehead atoms. The van der Waals surface area contributed by atoms with Crippen LogP contribution in [0.5, 0.6) is 0 Å². The molecule has 0 aliphatic carbocycles. The number of carbonyl (C=O) groups excluding carboxylic acids is 4. The van der Waals surface area contributed by atoms with E-state index in [2.05, 4.69) is 35.9 Å². The van der Waals surface area contributed by atoms with Gasteiger partial charge in [-0.25, -0.2) is 15.0 Å². The van der Waals surface area contributed by atoms with Gasteiger partial charge in [-0.05, 0) is 44.5 Å². The summed E-state index contributed by atoms with van der Waals surface area (Å²) in [5.74, 6) is -1.33. The number of allylic oxidation sites excluding steroid dienone is 2. The zero-order valence-electron chi connectivity index (χ0n) is 32.5. The highest BCUT2D eigenvalue weighted by Crippen LogP contribution is 2.36. The molecular weight excluding hydrogens is 745 g/mol. The molecule has 3 aliphatic heterocycles. The van der Waals surface area contributed by atoms with Gasteiger partial charge in [0.25, 0.3) is 11.7 Å². The van der Waals surface area contributed by atoms with Crippen LogP contribution in [0.3, 0.4) is 0 Å². The van der Waals surface area contributed by atoms with E-state index in [1.54, 1.807) is 38.4 Å². The van der Waals surface area contributed by atoms with Crippen LogP contribution < -0.4 is 32.0 Å². The summed E-state index contributed by atoms with van der Waals surface area (Å²) in [6.07, 6.45) is 5.18. The fourth-order valence-electron chi connectivity index (χ4n) is 8.48. The number of benzene rings is 1. The van der Waals surface area contributed by atoms with Crippen LogP contribution in [0.4, 0.5) is 11.9 Å². The van der Waals surface area contributed by atoms with Crippen molar-refractivity contribution in [2.24, 2.45) is 16.9 Å². The lowest BCUT2D eigenvalue weighted by Gasteiger charge is -2.56. The minimum atomic E-state index is -0.662. The van der Waals surface area contributed by atoms with Crippen LogP contribution in [0.2, 0.25) is 0 Å². The molecule has 0 atom stereocenters. The van der Waals surface area contributed by atoms with E-state index < -0.39 is 23.6 Å². The smallest absolute Gasteiger partial charge is 0.331 e. The van der Waals surface area contributed by atoms with Crippen LogP contribution in [0, 0.1) is 19.3 Å². The van der Waals surface area contributed by atoms with E-state index in [4.69, 9.17) is 21.5 Å². The third-order valence-electron chi connectivity index (χ3n) is 11.2. The van der Waals surface area contributed by atoms with Gasteiger partial charge >= 0.3 is 11.7 Å². The third-order valence-corrected chi connectivity index (χ3v) is 11.2. The number of nitrogens with one attached hydrogen (secondary N) is 3. The minimum Gasteiger partial charge on any atom is -0.366 e. The molecule has 4 amide bonds. The number of primary amides is 2. The zero-order chi connectivity index (χ0) is 40.6. The third kappa shape index (κ3) is 5.90. The SMILES string of the molecule is CCn1nc(C)c2c1C(=O)Nc1nc3cc(C(N)=O)cc(CN4CC5(CNC5)C4)c3n1C/C=C/Cn1c(nc3cc(C(N)=O)cnc31)NC(=O)c1n(CC)nc(C)[n+]1-2. The summed E-state index contributed by atoms with van der Waals surface area (Å²) in [6, 6.07) is 4.99. The summed E-state index contributed by atoms with van der Waals surface area (Å²) in [4.78, 5) is 70.4. The normalized spacial score (nSPS) is 17.2. The summed E-state index contributed by atoms with van der Waals surface area (Å²) >= 11 is 0. The Morgan fingerprint density at radius 1 is 0.845 bits per heavy atom. The predicted molar refractivity (Wildman–Crippen MR) is 210 cm³/mol. The summed E-state index contributed by atoms with van der Waals surface area (Å²) in [5.41, 5.74) is 16.1. The molecule has 2 fully saturated rings. The van der Waals surface area contributed by atoms with Gasteiger partial charge in [0, 0.05) is 81.6 Å². The first-order valence-corrected chi connectivity index (χ1v) is 19.2. The number of hydrogen-bond donors (Lipinski definition) is 5. The molecule has 6 aromatic rings. The van der Waals surface area contributed by atoms with Crippen molar-refractivity contribution in [3.63, 3.8) is 0 Å². The highest BCUT2D eigenvalue weighted by Gasteiger charge is 2.47. The van der Waals surface area contributed by atoms with E-state index in [0.717, 1.165) is 37.3 Å². The molecule has 20 nitrogen and oxygen atoms in total. The number of nitrogens with zero attached hydrogens (tertiary/aromatic N) is 11. The highest BCUT2D eigenvalue weighted by atomic mass is 16.2. The van der Waals surface area contributed by atoms with Crippen molar-refractivity contribution in [2.75, 3.05) is 36.8 Å². The second kappa shape index (κ2) is 13.7. The molecule has 58 heavy (non-hydrogen) atoms. The number of nitrogens with two attached hydrogens (primary N) is 2. The molecule has 3 aliphatic rings. The fourth-order valence-corrected chi connectivity index (χ4v) is 8.48. The number of carbonyl (C=O) groups is 4. The van der Waals surface area contributed by atoms with Gasteiger partial charge in [0.15, 0.2) is 17.0 Å². The Bertz CT molecular complexity index is 2760. The maximum absolute atomic E-state index is 14.7. The van der Waals surface area contributed by atoms with Crippen molar-refractivity contribution in [2.45, 2.75) is 60.4 Å². The van der Waals surface area contributed by atoms with Crippen LogP contribution in [0.15, 0.2) is 36.5 Å². The quantitative estimate of drug-likeness (QED) is 0.117. The Kier molecular flexibility index (Phi) is 8.69. The van der Waals surface area contributed by atoms with Crippen molar-refractivity contribution in [3.05, 3.63) is 76.3 Å². The molecule has 2 saturated heterocycles. The van der Waals surface area contributed by atoms with Crippen LogP contribution in [-0.2, 0) is 32.7 Å². The average Bonchev–Trinajstić information content (AvgIpc) is 3.88. The Labute approximate surface area is 330 Å². The fraction of sp³-hybridized carbons (Fsp3) is 0.368. The topological polar surface area (TPSA) is 248 Å². The second-order valence-corrected chi connectivity index (χ2v) is 15.1. The monoisotopic (exact) mass is 787 g/mol. The summed E-state index contributed by atoms with van der Waals surface area (Å²) in [7, 11) is 0. The lowest BCUT2D eigenvalue weighted by molar-refractivity contribution is -0.606. The van der Waals surface area contributed by atoms with Crippen LogP contribution in [0.25, 0.3) is 27.9 Å². The van der Waals surface area contributed by atoms with Gasteiger partial charge in [-0.15, -0.1) is 4.68 Å². The number of fused-ring (bicyclic) bond motifs is 9. The van der Waals surface area contributed by atoms with Gasteiger partial charge < -0.3 is 21.4 Å². The van der Waals surface area contributed by atoms with E-state index >= 15 is 0 Å². The van der Waals surface area contributed by atoms with Crippen LogP contribution in [0.1, 0.15) is 72.8 Å². The molecular formula is C38H43N16O4+. The van der Waals surface area contributed by atoms with Crippen molar-refractivity contribution in [1.82, 2.24) is 53.9 Å². The van der Waals surface area contributed by atoms with Gasteiger partial charge in [0.1, 0.15) is 12.1 Å². The maximum Gasteiger partial charge on any atom is 0.331 e. The van der Waals surface area contributed by atoms with Crippen molar-refractivity contribution >= 4 is 57.7 Å². The molecule has 20 heteroatoms. The maximum atomic E-state index is 14.7. The van der Waals surface area contributed by atoms with E-state index in [-0.39, 0.29) is 47.5 Å². The molecule has 0 unspecified atom stereocenters. The van der Waals surface area contributed by atoms with Gasteiger partial charge in [0.05, 0.1) is 22.3 Å². The average molecular weight is 788 g/mol. The summed E-state index contributed by atoms with van der Waals surface area (Å²) in [5, 5.41) is 18.8. The number of aryl methyl sites for hydroxylation is 4. The largest absolute Gasteiger partial charge is 0.366 e. The standard InChI is InChI=1S/C38H42N16O4/c1-5-52-29-27(20(3)47-52)54-21(4)48-53(6-2)35(54)34(58)46-37-44-26-13-23(31(40)56)14-42-32(26)51(37)10-8-7-9-50-28-24(15-49-18-38(19-49)16-41-17-38)11-22(30(39)55)12-25(28)43-36(50)45-33(29)57/h7-8,11-14,41H,5-6,9-10,15-19H2,1-4H3,(H5-,39,40,43,44,45,46,55,56,57,58)/p+1/b8-7+. The Balaban J connectivity index is 1.25. The van der Waals surface area contributed by atoms with Crippen LogP contribution >= 0.6 is 0 Å².